The van der Waals surface area contributed by atoms with Crippen molar-refractivity contribution in [1.82, 2.24) is 14.9 Å². The van der Waals surface area contributed by atoms with Crippen LogP contribution in [0.4, 0.5) is 5.95 Å². The lowest BCUT2D eigenvalue weighted by molar-refractivity contribution is 0.122. The van der Waals surface area contributed by atoms with Crippen molar-refractivity contribution < 1.29 is 13.2 Å². The molecule has 0 saturated carbocycles. The molecule has 3 aliphatic heterocycles. The Morgan fingerprint density at radius 2 is 2.04 bits per heavy atom. The summed E-state index contributed by atoms with van der Waals surface area (Å²) < 4.78 is 30.9. The average Bonchev–Trinajstić information content (AvgIpc) is 2.99. The molecule has 2 saturated heterocycles. The van der Waals surface area contributed by atoms with Crippen LogP contribution >= 0.6 is 0 Å². The molecule has 25 heavy (non-hydrogen) atoms. The molecule has 0 bridgehead atoms. The van der Waals surface area contributed by atoms with Gasteiger partial charge in [0.05, 0.1) is 29.9 Å². The van der Waals surface area contributed by atoms with Crippen LogP contribution in [0.2, 0.25) is 0 Å². The summed E-state index contributed by atoms with van der Waals surface area (Å²) in [5, 5.41) is -0.328. The first-order valence-corrected chi connectivity index (χ1v) is 10.8. The van der Waals surface area contributed by atoms with Gasteiger partial charge in [-0.1, -0.05) is 13.8 Å². The van der Waals surface area contributed by atoms with Gasteiger partial charge in [0.1, 0.15) is 0 Å². The van der Waals surface area contributed by atoms with Crippen LogP contribution in [0, 0.1) is 5.92 Å². The van der Waals surface area contributed by atoms with Gasteiger partial charge in [0, 0.05) is 50.4 Å². The number of nitrogens with zero attached hydrogens (tertiary/aromatic N) is 4. The smallest absolute Gasteiger partial charge is 0.225 e. The zero-order valence-electron chi connectivity index (χ0n) is 14.9. The Kier molecular flexibility index (Phi) is 4.45. The number of hydrogen-bond donors (Lipinski definition) is 0. The highest BCUT2D eigenvalue weighted by Crippen LogP contribution is 2.39. The van der Waals surface area contributed by atoms with Gasteiger partial charge in [-0.15, -0.1) is 0 Å². The summed E-state index contributed by atoms with van der Waals surface area (Å²) in [4.78, 5) is 13.7. The van der Waals surface area contributed by atoms with Crippen molar-refractivity contribution in [2.75, 3.05) is 50.8 Å². The summed E-state index contributed by atoms with van der Waals surface area (Å²) in [6, 6.07) is 0. The Balaban J connectivity index is 1.66. The lowest BCUT2D eigenvalue weighted by Gasteiger charge is -2.30. The van der Waals surface area contributed by atoms with Crippen molar-refractivity contribution >= 4 is 15.8 Å². The molecule has 0 spiro atoms. The maximum Gasteiger partial charge on any atom is 0.225 e. The number of morpholine rings is 1. The number of fused-ring (bicyclic) bond motifs is 3. The van der Waals surface area contributed by atoms with Gasteiger partial charge in [0.15, 0.2) is 9.84 Å². The van der Waals surface area contributed by atoms with Gasteiger partial charge < -0.3 is 14.5 Å². The van der Waals surface area contributed by atoms with Crippen molar-refractivity contribution in [2.24, 2.45) is 5.92 Å². The summed E-state index contributed by atoms with van der Waals surface area (Å²) in [6.07, 6.45) is 1.73. The summed E-state index contributed by atoms with van der Waals surface area (Å²) in [5.41, 5.74) is 1.73. The highest BCUT2D eigenvalue weighted by molar-refractivity contribution is 7.91. The Labute approximate surface area is 149 Å². The third kappa shape index (κ3) is 3.27. The second-order valence-electron chi connectivity index (χ2n) is 7.74. The standard InChI is InChI=1S/C17H26N4O3S/c1-12(2)8-20-9-14-15(10-20)25(22,23)11-13-7-18-17(19-16(13)14)21-3-5-24-6-4-21/h7,12,14-15H,3-6,8-11H2,1-2H3/t14-,15-/m0/s1. The number of hydrogen-bond acceptors (Lipinski definition) is 7. The molecular weight excluding hydrogens is 340 g/mol. The molecule has 7 nitrogen and oxygen atoms in total. The molecule has 138 valence electrons. The number of rotatable bonds is 3. The van der Waals surface area contributed by atoms with Crippen LogP contribution in [0.15, 0.2) is 6.20 Å². The molecule has 1 aromatic rings. The molecular formula is C17H26N4O3S. The predicted octanol–water partition coefficient (Wildman–Crippen LogP) is 0.665. The fourth-order valence-corrected chi connectivity index (χ4v) is 6.25. The van der Waals surface area contributed by atoms with Crippen molar-refractivity contribution in [3.63, 3.8) is 0 Å². The van der Waals surface area contributed by atoms with Gasteiger partial charge in [-0.2, -0.15) is 0 Å². The summed E-state index contributed by atoms with van der Waals surface area (Å²) >= 11 is 0. The normalized spacial score (nSPS) is 28.8. The van der Waals surface area contributed by atoms with Crippen LogP contribution in [0.1, 0.15) is 31.0 Å². The molecule has 4 heterocycles. The van der Waals surface area contributed by atoms with Gasteiger partial charge in [-0.05, 0) is 5.92 Å². The number of sulfone groups is 1. The molecule has 4 rings (SSSR count). The van der Waals surface area contributed by atoms with Crippen LogP contribution in [-0.4, -0.2) is 74.5 Å². The Morgan fingerprint density at radius 3 is 2.76 bits per heavy atom. The van der Waals surface area contributed by atoms with Crippen molar-refractivity contribution in [3.8, 4) is 0 Å². The molecule has 8 heteroatoms. The van der Waals surface area contributed by atoms with Crippen LogP contribution in [0.25, 0.3) is 0 Å². The fraction of sp³-hybridized carbons (Fsp3) is 0.765. The van der Waals surface area contributed by atoms with E-state index in [1.165, 1.54) is 0 Å². The van der Waals surface area contributed by atoms with Crippen LogP contribution in [0.3, 0.4) is 0 Å². The summed E-state index contributed by atoms with van der Waals surface area (Å²) in [7, 11) is -3.14. The molecule has 2 atom stereocenters. The van der Waals surface area contributed by atoms with E-state index in [1.54, 1.807) is 6.20 Å². The first-order valence-electron chi connectivity index (χ1n) is 9.06. The van der Waals surface area contributed by atoms with E-state index >= 15 is 0 Å². The van der Waals surface area contributed by atoms with E-state index in [4.69, 9.17) is 9.72 Å². The Hall–Kier alpha value is -1.25. The maximum absolute atomic E-state index is 12.7. The predicted molar refractivity (Wildman–Crippen MR) is 95.5 cm³/mol. The molecule has 0 aromatic carbocycles. The largest absolute Gasteiger partial charge is 0.378 e. The molecule has 0 unspecified atom stereocenters. The second kappa shape index (κ2) is 6.48. The first kappa shape index (κ1) is 17.2. The van der Waals surface area contributed by atoms with Crippen LogP contribution < -0.4 is 4.90 Å². The van der Waals surface area contributed by atoms with E-state index in [2.05, 4.69) is 28.6 Å². The van der Waals surface area contributed by atoms with Gasteiger partial charge >= 0.3 is 0 Å². The topological polar surface area (TPSA) is 75.6 Å². The van der Waals surface area contributed by atoms with Crippen LogP contribution in [-0.2, 0) is 20.3 Å². The lowest BCUT2D eigenvalue weighted by atomic mass is 10.00. The highest BCUT2D eigenvalue weighted by Gasteiger charge is 2.47. The first-order chi connectivity index (χ1) is 11.9. The molecule has 1 aromatic heterocycles. The minimum atomic E-state index is -3.14. The third-order valence-corrected chi connectivity index (χ3v) is 7.43. The number of ether oxygens (including phenoxy) is 1. The van der Waals surface area contributed by atoms with E-state index in [-0.39, 0.29) is 16.9 Å². The average molecular weight is 366 g/mol. The van der Waals surface area contributed by atoms with Crippen molar-refractivity contribution in [1.29, 1.82) is 0 Å². The second-order valence-corrected chi connectivity index (χ2v) is 9.96. The maximum atomic E-state index is 12.7. The molecule has 3 aliphatic rings. The highest BCUT2D eigenvalue weighted by atomic mass is 32.2. The molecule has 0 radical (unpaired) electrons. The number of anilines is 1. The SMILES string of the molecule is CC(C)CN1C[C@@H]2c3nc(N4CCOCC4)ncc3CS(=O)(=O)[C@H]2C1. The zero-order chi connectivity index (χ0) is 17.6. The summed E-state index contributed by atoms with van der Waals surface area (Å²) in [5.74, 6) is 1.27. The quantitative estimate of drug-likeness (QED) is 0.778. The minimum Gasteiger partial charge on any atom is -0.378 e. The molecule has 0 amide bonds. The Morgan fingerprint density at radius 1 is 1.28 bits per heavy atom. The number of likely N-dealkylation sites (tertiary alicyclic amines) is 1. The molecule has 2 fully saturated rings. The molecule has 0 aliphatic carbocycles. The number of aromatic nitrogens is 2. The fourth-order valence-electron chi connectivity index (χ4n) is 4.23. The van der Waals surface area contributed by atoms with E-state index in [1.807, 2.05) is 0 Å². The van der Waals surface area contributed by atoms with Crippen molar-refractivity contribution in [2.45, 2.75) is 30.8 Å². The van der Waals surface area contributed by atoms with E-state index in [0.29, 0.717) is 31.6 Å². The van der Waals surface area contributed by atoms with Gasteiger partial charge in [0.25, 0.3) is 0 Å². The van der Waals surface area contributed by atoms with Gasteiger partial charge in [-0.25, -0.2) is 18.4 Å². The van der Waals surface area contributed by atoms with E-state index in [9.17, 15) is 8.42 Å². The lowest BCUT2D eigenvalue weighted by Crippen LogP contribution is -2.39. The zero-order valence-corrected chi connectivity index (χ0v) is 15.7. The van der Waals surface area contributed by atoms with E-state index in [0.717, 1.165) is 37.4 Å². The summed E-state index contributed by atoms with van der Waals surface area (Å²) in [6.45, 7) is 9.60. The van der Waals surface area contributed by atoms with Crippen molar-refractivity contribution in [3.05, 3.63) is 17.5 Å². The van der Waals surface area contributed by atoms with E-state index < -0.39 is 9.84 Å². The monoisotopic (exact) mass is 366 g/mol. The van der Waals surface area contributed by atoms with Crippen LogP contribution in [0.5, 0.6) is 0 Å². The van der Waals surface area contributed by atoms with Gasteiger partial charge in [0.2, 0.25) is 5.95 Å². The third-order valence-electron chi connectivity index (χ3n) is 5.31. The Bertz CT molecular complexity index is 746. The minimum absolute atomic E-state index is 0.0321. The molecule has 0 N–H and O–H groups in total. The van der Waals surface area contributed by atoms with Gasteiger partial charge in [-0.3, -0.25) is 0 Å².